The first-order valence-corrected chi connectivity index (χ1v) is 7.96. The van der Waals surface area contributed by atoms with Crippen LogP contribution in [-0.4, -0.2) is 27.7 Å². The molecule has 3 nitrogen and oxygen atoms in total. The molecular weight excluding hydrogens is 234 g/mol. The van der Waals surface area contributed by atoms with Gasteiger partial charge in [-0.1, -0.05) is 31.0 Å². The molecule has 2 rings (SSSR count). The molecule has 0 amide bonds. The van der Waals surface area contributed by atoms with Gasteiger partial charge in [-0.15, -0.1) is 0 Å². The molecule has 1 fully saturated rings. The summed E-state index contributed by atoms with van der Waals surface area (Å²) >= 11 is 0. The summed E-state index contributed by atoms with van der Waals surface area (Å²) in [4.78, 5) is 0.748. The lowest BCUT2D eigenvalue weighted by Crippen LogP contribution is -2.29. The number of rotatable bonds is 2. The van der Waals surface area contributed by atoms with Gasteiger partial charge in [0.25, 0.3) is 0 Å². The zero-order valence-corrected chi connectivity index (χ0v) is 10.9. The average Bonchev–Trinajstić information content (AvgIpc) is 2.33. The molecule has 4 heteroatoms. The Morgan fingerprint density at radius 1 is 1.24 bits per heavy atom. The first-order valence-electron chi connectivity index (χ1n) is 6.04. The van der Waals surface area contributed by atoms with E-state index in [1.54, 1.807) is 6.26 Å². The number of hydrogen-bond acceptors (Lipinski definition) is 3. The Labute approximate surface area is 103 Å². The van der Waals surface area contributed by atoms with E-state index in [-0.39, 0.29) is 6.04 Å². The maximum atomic E-state index is 12.5. The number of hydrogen-bond donors (Lipinski definition) is 1. The van der Waals surface area contributed by atoms with Crippen LogP contribution in [0.4, 0.5) is 0 Å². The molecule has 0 aromatic heterocycles. The van der Waals surface area contributed by atoms with E-state index in [1.807, 2.05) is 30.3 Å². The van der Waals surface area contributed by atoms with Crippen molar-refractivity contribution in [1.82, 2.24) is 0 Å². The van der Waals surface area contributed by atoms with E-state index in [1.165, 1.54) is 0 Å². The van der Waals surface area contributed by atoms with Crippen molar-refractivity contribution in [2.24, 2.45) is 4.36 Å². The number of nitrogens with zero attached hydrogens (tertiary/aromatic N) is 1. The van der Waals surface area contributed by atoms with Gasteiger partial charge in [0, 0.05) is 11.2 Å². The quantitative estimate of drug-likeness (QED) is 0.880. The molecule has 1 aliphatic carbocycles. The summed E-state index contributed by atoms with van der Waals surface area (Å²) in [6.07, 6.45) is 4.97. The maximum absolute atomic E-state index is 12.5. The Balaban J connectivity index is 2.28. The van der Waals surface area contributed by atoms with Crippen LogP contribution in [0.15, 0.2) is 39.6 Å². The minimum absolute atomic E-state index is 0.165. The summed E-state index contributed by atoms with van der Waals surface area (Å²) in [6.45, 7) is 0. The fraction of sp³-hybridized carbons (Fsp3) is 0.538. The molecule has 1 aromatic rings. The van der Waals surface area contributed by atoms with Crippen molar-refractivity contribution in [2.75, 3.05) is 6.26 Å². The van der Waals surface area contributed by atoms with Crippen molar-refractivity contribution in [3.63, 3.8) is 0 Å². The van der Waals surface area contributed by atoms with Gasteiger partial charge in [0.1, 0.15) is 0 Å². The molecule has 17 heavy (non-hydrogen) atoms. The molecule has 0 bridgehead atoms. The van der Waals surface area contributed by atoms with Gasteiger partial charge in [0.2, 0.25) is 0 Å². The fourth-order valence-electron chi connectivity index (χ4n) is 2.21. The van der Waals surface area contributed by atoms with Crippen molar-refractivity contribution in [2.45, 2.75) is 42.7 Å². The second-order valence-corrected chi connectivity index (χ2v) is 6.93. The molecular formula is C13H19NO2S. The average molecular weight is 253 g/mol. The van der Waals surface area contributed by atoms with E-state index < -0.39 is 15.8 Å². The summed E-state index contributed by atoms with van der Waals surface area (Å²) in [7, 11) is -2.38. The van der Waals surface area contributed by atoms with Gasteiger partial charge >= 0.3 is 0 Å². The minimum atomic E-state index is -2.38. The van der Waals surface area contributed by atoms with Crippen LogP contribution in [0.2, 0.25) is 0 Å². The Kier molecular flexibility index (Phi) is 3.84. The monoisotopic (exact) mass is 253 g/mol. The summed E-state index contributed by atoms with van der Waals surface area (Å²) < 4.78 is 16.9. The highest BCUT2D eigenvalue weighted by atomic mass is 32.2. The molecule has 1 N–H and O–H groups in total. The Bertz CT molecular complexity index is 477. The first-order chi connectivity index (χ1) is 8.09. The van der Waals surface area contributed by atoms with Crippen LogP contribution in [0.3, 0.4) is 0 Å². The third-order valence-corrected chi connectivity index (χ3v) is 5.03. The van der Waals surface area contributed by atoms with Crippen molar-refractivity contribution in [1.29, 1.82) is 0 Å². The van der Waals surface area contributed by atoms with Crippen LogP contribution in [0.1, 0.15) is 25.7 Å². The van der Waals surface area contributed by atoms with Gasteiger partial charge in [0.05, 0.1) is 21.9 Å². The van der Waals surface area contributed by atoms with Crippen molar-refractivity contribution in [3.8, 4) is 0 Å². The van der Waals surface area contributed by atoms with Crippen molar-refractivity contribution in [3.05, 3.63) is 30.3 Å². The van der Waals surface area contributed by atoms with Crippen LogP contribution >= 0.6 is 0 Å². The molecule has 1 saturated carbocycles. The van der Waals surface area contributed by atoms with E-state index in [2.05, 4.69) is 4.36 Å². The third-order valence-electron chi connectivity index (χ3n) is 3.21. The highest BCUT2D eigenvalue weighted by Crippen LogP contribution is 2.23. The highest BCUT2D eigenvalue weighted by molar-refractivity contribution is 7.93. The van der Waals surface area contributed by atoms with E-state index in [0.717, 1.165) is 30.6 Å². The van der Waals surface area contributed by atoms with E-state index in [4.69, 9.17) is 0 Å². The molecule has 0 spiro atoms. The topological polar surface area (TPSA) is 49.7 Å². The second kappa shape index (κ2) is 5.19. The molecule has 0 heterocycles. The molecule has 1 unspecified atom stereocenters. The lowest BCUT2D eigenvalue weighted by Gasteiger charge is -2.24. The van der Waals surface area contributed by atoms with E-state index >= 15 is 0 Å². The lowest BCUT2D eigenvalue weighted by atomic mass is 9.93. The zero-order chi connectivity index (χ0) is 12.3. The molecule has 0 radical (unpaired) electrons. The van der Waals surface area contributed by atoms with Gasteiger partial charge in [-0.2, -0.15) is 0 Å². The van der Waals surface area contributed by atoms with Crippen LogP contribution in [-0.2, 0) is 9.73 Å². The minimum Gasteiger partial charge on any atom is -0.391 e. The largest absolute Gasteiger partial charge is 0.391 e. The standard InChI is InChI=1S/C13H19NO2S/c1-17(16,11-7-3-2-4-8-11)14-12-9-5-6-10-13(12)15/h2-4,7-8,12-13,15H,5-6,9-10H2,1H3/t12?,13-,17-/m0/s1. The molecule has 94 valence electrons. The van der Waals surface area contributed by atoms with Gasteiger partial charge < -0.3 is 5.11 Å². The predicted molar refractivity (Wildman–Crippen MR) is 69.5 cm³/mol. The van der Waals surface area contributed by atoms with Crippen molar-refractivity contribution < 1.29 is 9.32 Å². The van der Waals surface area contributed by atoms with Crippen LogP contribution in [0.25, 0.3) is 0 Å². The van der Waals surface area contributed by atoms with Crippen LogP contribution < -0.4 is 0 Å². The summed E-state index contributed by atoms with van der Waals surface area (Å²) in [5, 5.41) is 9.86. The van der Waals surface area contributed by atoms with Crippen molar-refractivity contribution >= 4 is 9.73 Å². The normalized spacial score (nSPS) is 28.4. The van der Waals surface area contributed by atoms with Gasteiger partial charge in [0.15, 0.2) is 0 Å². The molecule has 0 saturated heterocycles. The Morgan fingerprint density at radius 3 is 2.53 bits per heavy atom. The lowest BCUT2D eigenvalue weighted by molar-refractivity contribution is 0.110. The second-order valence-electron chi connectivity index (χ2n) is 4.64. The Morgan fingerprint density at radius 2 is 1.88 bits per heavy atom. The Hall–Kier alpha value is -0.870. The van der Waals surface area contributed by atoms with Crippen LogP contribution in [0.5, 0.6) is 0 Å². The van der Waals surface area contributed by atoms with Gasteiger partial charge in [-0.25, -0.2) is 8.57 Å². The van der Waals surface area contributed by atoms with E-state index in [0.29, 0.717) is 0 Å². The molecule has 0 aliphatic heterocycles. The highest BCUT2D eigenvalue weighted by Gasteiger charge is 2.23. The molecule has 3 atom stereocenters. The first kappa shape index (κ1) is 12.6. The zero-order valence-electron chi connectivity index (χ0n) is 10.1. The molecule has 1 aliphatic rings. The van der Waals surface area contributed by atoms with Gasteiger partial charge in [-0.3, -0.25) is 0 Å². The van der Waals surface area contributed by atoms with E-state index in [9.17, 15) is 9.32 Å². The van der Waals surface area contributed by atoms with Crippen LogP contribution in [0, 0.1) is 0 Å². The molecule has 1 aromatic carbocycles. The number of aliphatic hydroxyl groups is 1. The SMILES string of the molecule is C[S@@](=O)(=NC1CCCC[C@@H]1O)c1ccccc1. The number of benzene rings is 1. The van der Waals surface area contributed by atoms with Gasteiger partial charge in [-0.05, 0) is 25.0 Å². The summed E-state index contributed by atoms with van der Waals surface area (Å²) in [5.41, 5.74) is 0. The number of aliphatic hydroxyl groups excluding tert-OH is 1. The summed E-state index contributed by atoms with van der Waals surface area (Å²) in [5.74, 6) is 0. The summed E-state index contributed by atoms with van der Waals surface area (Å²) in [6, 6.07) is 9.13. The predicted octanol–water partition coefficient (Wildman–Crippen LogP) is 2.45. The maximum Gasteiger partial charge on any atom is 0.0856 e. The third kappa shape index (κ3) is 3.07. The fourth-order valence-corrected chi connectivity index (χ4v) is 3.75. The smallest absolute Gasteiger partial charge is 0.0856 e.